The summed E-state index contributed by atoms with van der Waals surface area (Å²) in [7, 11) is 0. The number of hydrogen-bond acceptors (Lipinski definition) is 2. The number of rotatable bonds is 5. The molecule has 0 unspecified atom stereocenters. The van der Waals surface area contributed by atoms with Gasteiger partial charge < -0.3 is 10.5 Å². The van der Waals surface area contributed by atoms with Crippen molar-refractivity contribution in [2.75, 3.05) is 13.3 Å². The Hall–Kier alpha value is -0.580. The summed E-state index contributed by atoms with van der Waals surface area (Å²) in [6.07, 6.45) is 0.143. The van der Waals surface area contributed by atoms with Crippen LogP contribution in [0, 0.1) is 5.82 Å². The van der Waals surface area contributed by atoms with Gasteiger partial charge >= 0.3 is 0 Å². The molecule has 98 valence electrons. The van der Waals surface area contributed by atoms with Crippen molar-refractivity contribution >= 4 is 24.0 Å². The molecule has 17 heavy (non-hydrogen) atoms. The molecule has 1 rings (SSSR count). The van der Waals surface area contributed by atoms with Gasteiger partial charge in [-0.1, -0.05) is 11.6 Å². The van der Waals surface area contributed by atoms with Crippen LogP contribution in [0.15, 0.2) is 12.1 Å². The van der Waals surface area contributed by atoms with Crippen molar-refractivity contribution in [1.29, 1.82) is 0 Å². The summed E-state index contributed by atoms with van der Waals surface area (Å²) in [6, 6.07) is 2.19. The smallest absolute Gasteiger partial charge is 0.173 e. The van der Waals surface area contributed by atoms with Crippen molar-refractivity contribution in [1.82, 2.24) is 0 Å². The third-order valence-electron chi connectivity index (χ3n) is 2.16. The van der Waals surface area contributed by atoms with Gasteiger partial charge in [0, 0.05) is 6.04 Å². The number of halogens is 4. The van der Waals surface area contributed by atoms with Crippen molar-refractivity contribution in [2.45, 2.75) is 19.4 Å². The van der Waals surface area contributed by atoms with Gasteiger partial charge in [0.05, 0.1) is 18.3 Å². The van der Waals surface area contributed by atoms with Gasteiger partial charge in [0.1, 0.15) is 0 Å². The summed E-state index contributed by atoms with van der Waals surface area (Å²) >= 11 is 5.84. The van der Waals surface area contributed by atoms with E-state index in [4.69, 9.17) is 22.1 Å². The van der Waals surface area contributed by atoms with Crippen LogP contribution in [0.25, 0.3) is 0 Å². The topological polar surface area (TPSA) is 35.2 Å². The fourth-order valence-electron chi connectivity index (χ4n) is 1.36. The Kier molecular flexibility index (Phi) is 7.43. The first-order valence-corrected chi connectivity index (χ1v) is 5.41. The number of ether oxygens (including phenoxy) is 1. The van der Waals surface area contributed by atoms with E-state index in [1.807, 2.05) is 0 Å². The summed E-state index contributed by atoms with van der Waals surface area (Å²) in [5.41, 5.74) is 6.14. The zero-order chi connectivity index (χ0) is 12.1. The van der Waals surface area contributed by atoms with Gasteiger partial charge in [-0.15, -0.1) is 12.4 Å². The van der Waals surface area contributed by atoms with Gasteiger partial charge in [-0.2, -0.15) is 0 Å². The van der Waals surface area contributed by atoms with Crippen LogP contribution in [0.3, 0.4) is 0 Å². The highest BCUT2D eigenvalue weighted by Gasteiger charge is 2.14. The monoisotopic (exact) mass is 285 g/mol. The molecule has 0 amide bonds. The Labute approximate surface area is 110 Å². The van der Waals surface area contributed by atoms with Crippen LogP contribution in [0.2, 0.25) is 5.02 Å². The van der Waals surface area contributed by atoms with Crippen LogP contribution >= 0.6 is 24.0 Å². The Balaban J connectivity index is 0.00000256. The molecule has 0 saturated heterocycles. The van der Waals surface area contributed by atoms with Crippen molar-refractivity contribution in [3.05, 3.63) is 28.5 Å². The van der Waals surface area contributed by atoms with Crippen molar-refractivity contribution in [3.8, 4) is 5.75 Å². The average Bonchev–Trinajstić information content (AvgIpc) is 2.23. The lowest BCUT2D eigenvalue weighted by Gasteiger charge is -2.13. The summed E-state index contributed by atoms with van der Waals surface area (Å²) in [4.78, 5) is 0. The normalized spacial score (nSPS) is 11.8. The van der Waals surface area contributed by atoms with Gasteiger partial charge in [0.15, 0.2) is 11.6 Å². The molecule has 0 aliphatic rings. The molecule has 2 N–H and O–H groups in total. The van der Waals surface area contributed by atoms with E-state index in [9.17, 15) is 8.78 Å². The van der Waals surface area contributed by atoms with Gasteiger partial charge in [0.25, 0.3) is 0 Å². The van der Waals surface area contributed by atoms with Gasteiger partial charge in [0.2, 0.25) is 0 Å². The minimum atomic E-state index is -0.571. The van der Waals surface area contributed by atoms with E-state index < -0.39 is 18.5 Å². The Morgan fingerprint density at radius 3 is 2.59 bits per heavy atom. The van der Waals surface area contributed by atoms with Crippen molar-refractivity contribution in [2.24, 2.45) is 5.73 Å². The van der Waals surface area contributed by atoms with Gasteiger partial charge in [-0.05, 0) is 31.0 Å². The molecule has 0 heterocycles. The second-order valence-electron chi connectivity index (χ2n) is 3.33. The number of benzene rings is 1. The molecule has 0 bridgehead atoms. The number of hydrogen-bond donors (Lipinski definition) is 1. The van der Waals surface area contributed by atoms with Gasteiger partial charge in [-0.3, -0.25) is 4.39 Å². The molecule has 2 nitrogen and oxygen atoms in total. The quantitative estimate of drug-likeness (QED) is 0.896. The van der Waals surface area contributed by atoms with Crippen molar-refractivity contribution < 1.29 is 13.5 Å². The zero-order valence-electron chi connectivity index (χ0n) is 9.38. The highest BCUT2D eigenvalue weighted by atomic mass is 35.5. The summed E-state index contributed by atoms with van der Waals surface area (Å²) < 4.78 is 30.7. The molecule has 6 heteroatoms. The molecule has 0 spiro atoms. The molecule has 0 aliphatic carbocycles. The molecule has 1 atom stereocenters. The fourth-order valence-corrected chi connectivity index (χ4v) is 1.63. The second kappa shape index (κ2) is 7.69. The van der Waals surface area contributed by atoms with Crippen LogP contribution in [0.1, 0.15) is 24.9 Å². The molecule has 0 radical (unpaired) electrons. The average molecular weight is 286 g/mol. The molecular formula is C11H15Cl2F2NO. The maximum atomic E-state index is 13.5. The van der Waals surface area contributed by atoms with E-state index in [1.54, 1.807) is 6.92 Å². The van der Waals surface area contributed by atoms with Crippen LogP contribution < -0.4 is 10.5 Å². The lowest BCUT2D eigenvalue weighted by Crippen LogP contribution is -2.11. The highest BCUT2D eigenvalue weighted by Crippen LogP contribution is 2.31. The SMILES string of the molecule is CCOc1c(F)cc([C@H](N)CCF)cc1Cl.Cl. The maximum absolute atomic E-state index is 13.5. The molecule has 0 saturated carbocycles. The van der Waals surface area contributed by atoms with Crippen LogP contribution in [0.5, 0.6) is 5.75 Å². The maximum Gasteiger partial charge on any atom is 0.173 e. The summed E-state index contributed by atoms with van der Waals surface area (Å²) in [5.74, 6) is -0.556. The van der Waals surface area contributed by atoms with Gasteiger partial charge in [-0.25, -0.2) is 4.39 Å². The third-order valence-corrected chi connectivity index (χ3v) is 2.44. The minimum Gasteiger partial charge on any atom is -0.489 e. The first-order chi connectivity index (χ1) is 7.60. The minimum absolute atomic E-state index is 0. The number of alkyl halides is 1. The Morgan fingerprint density at radius 1 is 1.47 bits per heavy atom. The second-order valence-corrected chi connectivity index (χ2v) is 3.74. The molecular weight excluding hydrogens is 271 g/mol. The predicted octanol–water partition coefficient (Wildman–Crippen LogP) is 3.66. The van der Waals surface area contributed by atoms with E-state index in [0.29, 0.717) is 12.2 Å². The molecule has 1 aromatic carbocycles. The predicted molar refractivity (Wildman–Crippen MR) is 67.3 cm³/mol. The first kappa shape index (κ1) is 16.4. The standard InChI is InChI=1S/C11H14ClF2NO.ClH/c1-2-16-11-8(12)5-7(6-9(11)14)10(15)3-4-13;/h5-6,10H,2-4,15H2,1H3;1H/t10-;/m1./s1. The van der Waals surface area contributed by atoms with Crippen LogP contribution in [0.4, 0.5) is 8.78 Å². The zero-order valence-corrected chi connectivity index (χ0v) is 11.0. The first-order valence-electron chi connectivity index (χ1n) is 5.03. The van der Waals surface area contributed by atoms with Crippen LogP contribution in [-0.4, -0.2) is 13.3 Å². The third kappa shape index (κ3) is 4.30. The summed E-state index contributed by atoms with van der Waals surface area (Å²) in [5, 5.41) is 0.158. The molecule has 1 aromatic rings. The van der Waals surface area contributed by atoms with Crippen molar-refractivity contribution in [3.63, 3.8) is 0 Å². The van der Waals surface area contributed by atoms with E-state index >= 15 is 0 Å². The van der Waals surface area contributed by atoms with E-state index in [0.717, 1.165) is 0 Å². The van der Waals surface area contributed by atoms with Crippen LogP contribution in [-0.2, 0) is 0 Å². The lowest BCUT2D eigenvalue weighted by atomic mass is 10.0. The Bertz CT molecular complexity index is 340. The fraction of sp³-hybridized carbons (Fsp3) is 0.455. The Morgan fingerprint density at radius 2 is 2.12 bits per heavy atom. The molecule has 0 fully saturated rings. The molecule has 0 aromatic heterocycles. The number of nitrogens with two attached hydrogens (primary N) is 1. The highest BCUT2D eigenvalue weighted by molar-refractivity contribution is 6.32. The van der Waals surface area contributed by atoms with E-state index in [-0.39, 0.29) is 29.6 Å². The largest absolute Gasteiger partial charge is 0.489 e. The summed E-state index contributed by atoms with van der Waals surface area (Å²) in [6.45, 7) is 1.51. The van der Waals surface area contributed by atoms with E-state index in [2.05, 4.69) is 0 Å². The van der Waals surface area contributed by atoms with E-state index in [1.165, 1.54) is 12.1 Å². The lowest BCUT2D eigenvalue weighted by molar-refractivity contribution is 0.321. The molecule has 0 aliphatic heterocycles.